The van der Waals surface area contributed by atoms with E-state index in [2.05, 4.69) is 58.9 Å². The van der Waals surface area contributed by atoms with Crippen LogP contribution in [0.3, 0.4) is 0 Å². The normalized spacial score (nSPS) is 28.4. The number of carbonyl (C=O) groups is 4. The quantitative estimate of drug-likeness (QED) is 0.0647. The summed E-state index contributed by atoms with van der Waals surface area (Å²) in [6, 6.07) is 26.3. The molecule has 67 heavy (non-hydrogen) atoms. The number of cyclic esters (lactones) is 4. The van der Waals surface area contributed by atoms with Gasteiger partial charge < -0.3 is 28.4 Å². The zero-order valence-corrected chi connectivity index (χ0v) is 39.6. The second-order valence-electron chi connectivity index (χ2n) is 21.6. The number of fused-ring (bicyclic) bond motifs is 7. The van der Waals surface area contributed by atoms with Crippen molar-refractivity contribution in [2.75, 3.05) is 13.6 Å². The van der Waals surface area contributed by atoms with E-state index in [4.69, 9.17) is 28.4 Å². The Hall–Kier alpha value is -5.64. The summed E-state index contributed by atoms with van der Waals surface area (Å²) in [5.74, 6) is 4.97. The Morgan fingerprint density at radius 3 is 1.60 bits per heavy atom. The van der Waals surface area contributed by atoms with Gasteiger partial charge in [-0.25, -0.2) is 19.2 Å². The molecule has 4 aliphatic carbocycles. The molecular weight excluding hydrogens is 845 g/mol. The van der Waals surface area contributed by atoms with Gasteiger partial charge in [0.05, 0.1) is 22.3 Å². The predicted octanol–water partition coefficient (Wildman–Crippen LogP) is 12.5. The molecule has 10 nitrogen and oxygen atoms in total. The van der Waals surface area contributed by atoms with Crippen LogP contribution in [0.2, 0.25) is 0 Å². The maximum Gasteiger partial charge on any atom is 0.347 e. The van der Waals surface area contributed by atoms with Crippen molar-refractivity contribution in [3.05, 3.63) is 118 Å². The summed E-state index contributed by atoms with van der Waals surface area (Å²) in [5.41, 5.74) is 3.92. The number of benzene rings is 4. The summed E-state index contributed by atoms with van der Waals surface area (Å²) in [7, 11) is 0. The summed E-state index contributed by atoms with van der Waals surface area (Å²) in [6.45, 7) is 12.5. The van der Waals surface area contributed by atoms with Gasteiger partial charge in [0.25, 0.3) is 0 Å². The minimum atomic E-state index is -0.674. The third-order valence-electron chi connectivity index (χ3n) is 17.9. The van der Waals surface area contributed by atoms with Gasteiger partial charge >= 0.3 is 23.9 Å². The highest BCUT2D eigenvalue weighted by Crippen LogP contribution is 2.70. The number of hydrogen-bond acceptors (Lipinski definition) is 10. The summed E-state index contributed by atoms with van der Waals surface area (Å²) < 4.78 is 33.2. The Bertz CT molecular complexity index is 2420. The third kappa shape index (κ3) is 8.20. The largest absolute Gasteiger partial charge is 0.458 e. The Morgan fingerprint density at radius 2 is 1.04 bits per heavy atom. The lowest BCUT2D eigenvalue weighted by Crippen LogP contribution is -2.55. The van der Waals surface area contributed by atoms with Crippen molar-refractivity contribution in [3.8, 4) is 23.0 Å². The number of ether oxygens (including phenoxy) is 6. The van der Waals surface area contributed by atoms with E-state index in [0.29, 0.717) is 39.7 Å². The monoisotopic (exact) mass is 908 g/mol. The zero-order valence-electron chi connectivity index (χ0n) is 39.6. The lowest BCUT2D eigenvalue weighted by atomic mass is 9.42. The molecular formula is C57H64O10. The summed E-state index contributed by atoms with van der Waals surface area (Å²) in [6.07, 6.45) is 15.5. The molecule has 4 aromatic carbocycles. The molecule has 2 aliphatic heterocycles. The Morgan fingerprint density at radius 1 is 0.537 bits per heavy atom. The smallest absolute Gasteiger partial charge is 0.347 e. The average Bonchev–Trinajstić information content (AvgIpc) is 3.93. The Kier molecular flexibility index (Phi) is 12.0. The van der Waals surface area contributed by atoms with Crippen LogP contribution in [-0.2, 0) is 14.9 Å². The minimum absolute atomic E-state index is 0.0725. The van der Waals surface area contributed by atoms with Crippen LogP contribution < -0.4 is 18.9 Å². The molecule has 0 spiro atoms. The van der Waals surface area contributed by atoms with E-state index in [9.17, 15) is 19.2 Å². The van der Waals surface area contributed by atoms with Crippen molar-refractivity contribution in [2.45, 2.75) is 117 Å². The summed E-state index contributed by atoms with van der Waals surface area (Å²) in [5, 5.41) is 0. The molecule has 8 unspecified atom stereocenters. The van der Waals surface area contributed by atoms with Gasteiger partial charge in [-0.1, -0.05) is 78.1 Å². The lowest BCUT2D eigenvalue weighted by molar-refractivity contribution is -0.122. The molecule has 6 aliphatic rings. The number of carbonyl (C=O) groups excluding carboxylic acids is 4. The standard InChI is InChI=1S/C57H64O10/c1-34(2)7-6-8-35(3)48-23-24-49-45-20-13-38-31-57(28-27-55(38,4)50(45)25-26-56(48,49)5,36-9-14-39(15-10-36)62-32-64-41-18-21-43-46(29-41)53(60)66-51(43)58)37-11-16-40(17-12-37)63-33-65-42-19-22-44-47(30-42)54(61)67-52(44)59/h9-12,14-19,21-22,29-30,34-35,38,45,48-50H,6-8,13,20,23-28,31-33H2,1-5H3. The first-order valence-corrected chi connectivity index (χ1v) is 24.8. The number of hydrogen-bond donors (Lipinski definition) is 0. The molecule has 4 aromatic rings. The fourth-order valence-electron chi connectivity index (χ4n) is 14.4. The molecule has 0 saturated heterocycles. The van der Waals surface area contributed by atoms with Gasteiger partial charge in [0.2, 0.25) is 13.6 Å². The van der Waals surface area contributed by atoms with Crippen molar-refractivity contribution in [3.63, 3.8) is 0 Å². The highest BCUT2D eigenvalue weighted by Gasteiger charge is 2.62. The predicted molar refractivity (Wildman–Crippen MR) is 251 cm³/mol. The SMILES string of the molecule is CC(C)CCCC(C)C1CCC2C3CCC4CC(c5ccc(OCOc6ccc7c(c6)C(=O)OC7=O)cc5)(c5ccc(OCOc6ccc7c(c6)C(=O)OC7=O)cc5)CCC4(C)C3CCC12C. The molecule has 0 aromatic heterocycles. The van der Waals surface area contributed by atoms with E-state index in [-0.39, 0.29) is 41.3 Å². The van der Waals surface area contributed by atoms with Crippen LogP contribution in [-0.4, -0.2) is 37.5 Å². The molecule has 352 valence electrons. The van der Waals surface area contributed by atoms with Gasteiger partial charge in [0.1, 0.15) is 23.0 Å². The van der Waals surface area contributed by atoms with Crippen molar-refractivity contribution in [1.29, 1.82) is 0 Å². The van der Waals surface area contributed by atoms with Crippen molar-refractivity contribution in [1.82, 2.24) is 0 Å². The molecule has 0 bridgehead atoms. The van der Waals surface area contributed by atoms with E-state index in [1.807, 2.05) is 24.3 Å². The van der Waals surface area contributed by atoms with Crippen LogP contribution >= 0.6 is 0 Å². The fourth-order valence-corrected chi connectivity index (χ4v) is 14.4. The summed E-state index contributed by atoms with van der Waals surface area (Å²) in [4.78, 5) is 48.0. The van der Waals surface area contributed by atoms with Crippen molar-refractivity contribution >= 4 is 23.9 Å². The molecule has 2 heterocycles. The van der Waals surface area contributed by atoms with Crippen LogP contribution in [0.15, 0.2) is 84.9 Å². The molecule has 4 fully saturated rings. The number of rotatable bonds is 15. The Labute approximate surface area is 394 Å². The first-order valence-electron chi connectivity index (χ1n) is 24.8. The van der Waals surface area contributed by atoms with Crippen LogP contribution in [0.5, 0.6) is 23.0 Å². The molecule has 0 radical (unpaired) electrons. The average molecular weight is 909 g/mol. The highest BCUT2D eigenvalue weighted by molar-refractivity contribution is 6.15. The van der Waals surface area contributed by atoms with Crippen LogP contribution in [0.4, 0.5) is 0 Å². The maximum atomic E-state index is 12.1. The zero-order chi connectivity index (χ0) is 46.7. The van der Waals surface area contributed by atoms with E-state index in [1.54, 1.807) is 12.1 Å². The van der Waals surface area contributed by atoms with Gasteiger partial charge in [-0.3, -0.25) is 0 Å². The first-order chi connectivity index (χ1) is 32.3. The first kappa shape index (κ1) is 45.2. The highest BCUT2D eigenvalue weighted by atomic mass is 16.7. The van der Waals surface area contributed by atoms with Gasteiger partial charge in [0, 0.05) is 5.41 Å². The Balaban J connectivity index is 0.856. The molecule has 0 amide bonds. The second kappa shape index (κ2) is 17.8. The maximum absolute atomic E-state index is 12.1. The summed E-state index contributed by atoms with van der Waals surface area (Å²) >= 11 is 0. The van der Waals surface area contributed by atoms with Crippen molar-refractivity contribution < 1.29 is 47.6 Å². The lowest BCUT2D eigenvalue weighted by Gasteiger charge is -2.63. The molecule has 10 rings (SSSR count). The molecule has 10 heteroatoms. The van der Waals surface area contributed by atoms with E-state index >= 15 is 0 Å². The van der Waals surface area contributed by atoms with Crippen LogP contribution in [0.25, 0.3) is 0 Å². The van der Waals surface area contributed by atoms with Crippen molar-refractivity contribution in [2.24, 2.45) is 52.3 Å². The van der Waals surface area contributed by atoms with Crippen LogP contribution in [0, 0.1) is 52.3 Å². The van der Waals surface area contributed by atoms with Crippen LogP contribution in [0.1, 0.15) is 164 Å². The topological polar surface area (TPSA) is 124 Å². The molecule has 4 saturated carbocycles. The minimum Gasteiger partial charge on any atom is -0.458 e. The van der Waals surface area contributed by atoms with Gasteiger partial charge in [-0.2, -0.15) is 0 Å². The second-order valence-corrected chi connectivity index (χ2v) is 21.6. The third-order valence-corrected chi connectivity index (χ3v) is 17.9. The van der Waals surface area contributed by atoms with Gasteiger partial charge in [-0.05, 0) is 182 Å². The van der Waals surface area contributed by atoms with Gasteiger partial charge in [0.15, 0.2) is 0 Å². The number of esters is 4. The van der Waals surface area contributed by atoms with E-state index in [1.165, 1.54) is 99.6 Å². The van der Waals surface area contributed by atoms with E-state index in [0.717, 1.165) is 48.3 Å². The molecule has 0 N–H and O–H groups in total. The van der Waals surface area contributed by atoms with Gasteiger partial charge in [-0.15, -0.1) is 0 Å². The van der Waals surface area contributed by atoms with E-state index < -0.39 is 23.9 Å². The molecule has 8 atom stereocenters. The fraction of sp³-hybridized carbons (Fsp3) is 0.509.